The topological polar surface area (TPSA) is 60.2 Å². The van der Waals surface area contributed by atoms with E-state index in [1.54, 1.807) is 6.07 Å². The Kier molecular flexibility index (Phi) is 4.28. The number of hydrogen-bond donors (Lipinski definition) is 1. The van der Waals surface area contributed by atoms with Gasteiger partial charge in [0.1, 0.15) is 0 Å². The molecular weight excluding hydrogens is 278 g/mol. The monoisotopic (exact) mass is 299 g/mol. The summed E-state index contributed by atoms with van der Waals surface area (Å²) < 4.78 is 23.8. The fourth-order valence-electron chi connectivity index (χ4n) is 2.86. The summed E-state index contributed by atoms with van der Waals surface area (Å²) in [4.78, 5) is 1.24. The summed E-state index contributed by atoms with van der Waals surface area (Å²) >= 11 is 1.48. The van der Waals surface area contributed by atoms with Crippen molar-refractivity contribution in [3.63, 3.8) is 0 Å². The van der Waals surface area contributed by atoms with Gasteiger partial charge < -0.3 is 5.73 Å². The van der Waals surface area contributed by atoms with E-state index in [9.17, 15) is 8.42 Å². The second-order valence-corrected chi connectivity index (χ2v) is 8.13. The number of thioether (sulfide) groups is 1. The second kappa shape index (κ2) is 5.46. The van der Waals surface area contributed by atoms with E-state index < -0.39 is 9.84 Å². The molecule has 0 bridgehead atoms. The van der Waals surface area contributed by atoms with Crippen molar-refractivity contribution >= 4 is 21.6 Å². The van der Waals surface area contributed by atoms with Crippen LogP contribution in [0.4, 0.5) is 0 Å². The molecule has 1 saturated carbocycles. The lowest BCUT2D eigenvalue weighted by molar-refractivity contribution is 0.297. The molecule has 1 aliphatic carbocycles. The molecule has 3 nitrogen and oxygen atoms in total. The van der Waals surface area contributed by atoms with Crippen LogP contribution >= 0.6 is 11.8 Å². The first kappa shape index (κ1) is 14.9. The average Bonchev–Trinajstić information content (AvgIpc) is 2.37. The first-order chi connectivity index (χ1) is 8.88. The van der Waals surface area contributed by atoms with Gasteiger partial charge in [0.05, 0.1) is 4.90 Å². The summed E-state index contributed by atoms with van der Waals surface area (Å²) in [5, 5.41) is 0. The van der Waals surface area contributed by atoms with Gasteiger partial charge in [-0.15, -0.1) is 11.8 Å². The van der Waals surface area contributed by atoms with E-state index in [0.717, 1.165) is 36.1 Å². The van der Waals surface area contributed by atoms with Crippen LogP contribution in [0.1, 0.15) is 37.7 Å². The maximum atomic E-state index is 11.9. The minimum atomic E-state index is -3.21. The summed E-state index contributed by atoms with van der Waals surface area (Å²) in [6.45, 7) is 0. The highest BCUT2D eigenvalue weighted by atomic mass is 32.2. The molecule has 106 valence electrons. The van der Waals surface area contributed by atoms with Crippen molar-refractivity contribution in [2.75, 3.05) is 12.5 Å². The van der Waals surface area contributed by atoms with Crippen molar-refractivity contribution in [2.24, 2.45) is 5.73 Å². The number of sulfone groups is 1. The lowest BCUT2D eigenvalue weighted by atomic mass is 9.77. The summed E-state index contributed by atoms with van der Waals surface area (Å²) in [6, 6.07) is 5.48. The molecule has 0 amide bonds. The van der Waals surface area contributed by atoms with Gasteiger partial charge in [-0.05, 0) is 30.7 Å². The Bertz CT molecular complexity index is 561. The van der Waals surface area contributed by atoms with Gasteiger partial charge in [0.2, 0.25) is 0 Å². The highest BCUT2D eigenvalue weighted by Crippen LogP contribution is 2.41. The third kappa shape index (κ3) is 2.98. The van der Waals surface area contributed by atoms with Crippen molar-refractivity contribution in [1.82, 2.24) is 0 Å². The molecule has 0 radical (unpaired) electrons. The molecule has 0 aliphatic heterocycles. The molecule has 19 heavy (non-hydrogen) atoms. The fourth-order valence-corrected chi connectivity index (χ4v) is 5.10. The minimum absolute atomic E-state index is 0.364. The molecule has 1 aliphatic rings. The standard InChI is InChI=1S/C14H21NO2S2/c1-18-13-11(14(15)9-4-3-5-10-14)7-6-8-12(13)19(2,16)17/h6-8H,3-5,9-10,15H2,1-2H3. The van der Waals surface area contributed by atoms with Gasteiger partial charge in [-0.2, -0.15) is 0 Å². The Hall–Kier alpha value is -0.520. The van der Waals surface area contributed by atoms with E-state index >= 15 is 0 Å². The maximum absolute atomic E-state index is 11.9. The van der Waals surface area contributed by atoms with Gasteiger partial charge >= 0.3 is 0 Å². The van der Waals surface area contributed by atoms with Crippen LogP contribution in [0.25, 0.3) is 0 Å². The van der Waals surface area contributed by atoms with Crippen LogP contribution in [0, 0.1) is 0 Å². The highest BCUT2D eigenvalue weighted by molar-refractivity contribution is 7.99. The lowest BCUT2D eigenvalue weighted by Gasteiger charge is -2.35. The third-order valence-corrected chi connectivity index (χ3v) is 5.98. The summed E-state index contributed by atoms with van der Waals surface area (Å²) in [7, 11) is -3.21. The molecule has 2 N–H and O–H groups in total. The van der Waals surface area contributed by atoms with Crippen molar-refractivity contribution in [2.45, 2.75) is 47.4 Å². The van der Waals surface area contributed by atoms with Crippen molar-refractivity contribution in [3.8, 4) is 0 Å². The van der Waals surface area contributed by atoms with E-state index in [2.05, 4.69) is 0 Å². The molecule has 2 rings (SSSR count). The lowest BCUT2D eigenvalue weighted by Crippen LogP contribution is -2.39. The molecule has 0 aromatic heterocycles. The zero-order chi connectivity index (χ0) is 14.1. The van der Waals surface area contributed by atoms with Crippen molar-refractivity contribution in [1.29, 1.82) is 0 Å². The zero-order valence-corrected chi connectivity index (χ0v) is 13.1. The molecule has 1 aromatic rings. The van der Waals surface area contributed by atoms with Crippen LogP contribution in [0.15, 0.2) is 28.0 Å². The molecule has 0 heterocycles. The number of hydrogen-bond acceptors (Lipinski definition) is 4. The molecular formula is C14H21NO2S2. The number of benzene rings is 1. The van der Waals surface area contributed by atoms with Gasteiger partial charge in [0.15, 0.2) is 9.84 Å². The average molecular weight is 299 g/mol. The Morgan fingerprint density at radius 2 is 1.84 bits per heavy atom. The Balaban J connectivity index is 2.58. The number of nitrogens with two attached hydrogens (primary N) is 1. The van der Waals surface area contributed by atoms with Crippen molar-refractivity contribution in [3.05, 3.63) is 23.8 Å². The summed E-state index contributed by atoms with van der Waals surface area (Å²) in [6.07, 6.45) is 8.51. The fraction of sp³-hybridized carbons (Fsp3) is 0.571. The molecule has 1 fully saturated rings. The van der Waals surface area contributed by atoms with E-state index in [1.807, 2.05) is 18.4 Å². The van der Waals surface area contributed by atoms with Gasteiger partial charge in [0.25, 0.3) is 0 Å². The van der Waals surface area contributed by atoms with Gasteiger partial charge in [-0.1, -0.05) is 31.4 Å². The molecule has 0 atom stereocenters. The first-order valence-electron chi connectivity index (χ1n) is 6.55. The van der Waals surface area contributed by atoms with Gasteiger partial charge in [-0.3, -0.25) is 0 Å². The van der Waals surface area contributed by atoms with Crippen LogP contribution in [0.2, 0.25) is 0 Å². The van der Waals surface area contributed by atoms with Crippen LogP contribution in [0.3, 0.4) is 0 Å². The Morgan fingerprint density at radius 3 is 2.37 bits per heavy atom. The quantitative estimate of drug-likeness (QED) is 0.872. The van der Waals surface area contributed by atoms with Crippen LogP contribution in [0.5, 0.6) is 0 Å². The smallest absolute Gasteiger partial charge is 0.176 e. The van der Waals surface area contributed by atoms with Crippen LogP contribution < -0.4 is 5.73 Å². The van der Waals surface area contributed by atoms with Crippen LogP contribution in [-0.4, -0.2) is 20.9 Å². The normalized spacial score (nSPS) is 19.3. The molecule has 0 saturated heterocycles. The third-order valence-electron chi connectivity index (χ3n) is 3.86. The first-order valence-corrected chi connectivity index (χ1v) is 9.66. The van der Waals surface area contributed by atoms with E-state index in [-0.39, 0.29) is 5.54 Å². The maximum Gasteiger partial charge on any atom is 0.176 e. The van der Waals surface area contributed by atoms with E-state index in [0.29, 0.717) is 4.90 Å². The molecule has 1 aromatic carbocycles. The zero-order valence-electron chi connectivity index (χ0n) is 11.5. The van der Waals surface area contributed by atoms with Gasteiger partial charge in [-0.25, -0.2) is 8.42 Å². The largest absolute Gasteiger partial charge is 0.321 e. The predicted molar refractivity (Wildman–Crippen MR) is 80.3 cm³/mol. The van der Waals surface area contributed by atoms with E-state index in [1.165, 1.54) is 24.4 Å². The molecule has 5 heteroatoms. The Labute approximate surface area is 119 Å². The summed E-state index contributed by atoms with van der Waals surface area (Å²) in [5.41, 5.74) is 7.20. The SMILES string of the molecule is CSc1c(C2(N)CCCCC2)cccc1S(C)(=O)=O. The van der Waals surface area contributed by atoms with Crippen LogP contribution in [-0.2, 0) is 15.4 Å². The predicted octanol–water partition coefficient (Wildman–Crippen LogP) is 2.93. The van der Waals surface area contributed by atoms with E-state index in [4.69, 9.17) is 5.73 Å². The Morgan fingerprint density at radius 1 is 1.21 bits per heavy atom. The van der Waals surface area contributed by atoms with Gasteiger partial charge in [0, 0.05) is 16.7 Å². The second-order valence-electron chi connectivity index (χ2n) is 5.33. The molecule has 0 spiro atoms. The summed E-state index contributed by atoms with van der Waals surface area (Å²) in [5.74, 6) is 0. The highest BCUT2D eigenvalue weighted by Gasteiger charge is 2.33. The molecule has 0 unspecified atom stereocenters. The number of rotatable bonds is 3. The minimum Gasteiger partial charge on any atom is -0.321 e. The van der Waals surface area contributed by atoms with Crippen molar-refractivity contribution < 1.29 is 8.42 Å².